The third kappa shape index (κ3) is 7.38. The standard InChI is InChI=1S/C13H15FN2O2.C10H11FN2.CH4.H2O/c1-18-8-13(17)15-5-4-9-7-16-12-3-2-10(14)6-11(9)12;11-8-1-2-10-9(5-8)7(3-4-12)6-13-10;;/h2-3,6-7,16H,4-5,8H2,1H3,(H,15,17);1-2,5-6,13H,3-4,12H2;1H4;1H2. The number of nitrogens with two attached hydrogens (primary N) is 1. The van der Waals surface area contributed by atoms with Crippen molar-refractivity contribution in [3.63, 3.8) is 0 Å². The molecule has 0 bridgehead atoms. The topological polar surface area (TPSA) is 127 Å². The van der Waals surface area contributed by atoms with Gasteiger partial charge in [0.15, 0.2) is 0 Å². The van der Waals surface area contributed by atoms with Crippen LogP contribution in [0.2, 0.25) is 0 Å². The molecule has 7 N–H and O–H groups in total. The number of amides is 1. The molecule has 180 valence electrons. The van der Waals surface area contributed by atoms with Crippen LogP contribution in [0.25, 0.3) is 21.8 Å². The average Bonchev–Trinajstić information content (AvgIpc) is 3.33. The Labute approximate surface area is 191 Å². The van der Waals surface area contributed by atoms with Crippen LogP contribution in [0.15, 0.2) is 48.8 Å². The van der Waals surface area contributed by atoms with Gasteiger partial charge in [0.05, 0.1) is 0 Å². The zero-order chi connectivity index (χ0) is 22.2. The number of aromatic nitrogens is 2. The van der Waals surface area contributed by atoms with Crippen molar-refractivity contribution in [2.75, 3.05) is 26.8 Å². The van der Waals surface area contributed by atoms with E-state index in [0.717, 1.165) is 39.4 Å². The Kier molecular flexibility index (Phi) is 11.2. The fourth-order valence-corrected chi connectivity index (χ4v) is 3.39. The van der Waals surface area contributed by atoms with E-state index in [0.29, 0.717) is 19.5 Å². The monoisotopic (exact) mass is 462 g/mol. The van der Waals surface area contributed by atoms with Gasteiger partial charge in [-0.05, 0) is 66.9 Å². The minimum Gasteiger partial charge on any atom is -0.412 e. The van der Waals surface area contributed by atoms with E-state index in [-0.39, 0.29) is 37.1 Å². The molecule has 2 aromatic carbocycles. The number of carbonyl (C=O) groups is 1. The SMILES string of the molecule is C.COCC(=O)NCCc1c[nH]c2ccc(F)cc12.NCCc1c[nH]c2ccc(F)cc12.O. The third-order valence-electron chi connectivity index (χ3n) is 4.86. The molecule has 0 saturated carbocycles. The van der Waals surface area contributed by atoms with Crippen LogP contribution in [-0.2, 0) is 22.4 Å². The summed E-state index contributed by atoms with van der Waals surface area (Å²) in [6.07, 6.45) is 5.16. The van der Waals surface area contributed by atoms with Gasteiger partial charge in [-0.3, -0.25) is 4.79 Å². The number of hydrogen-bond donors (Lipinski definition) is 4. The predicted octanol–water partition coefficient (Wildman–Crippen LogP) is 3.23. The molecule has 9 heteroatoms. The summed E-state index contributed by atoms with van der Waals surface area (Å²) >= 11 is 0. The maximum atomic E-state index is 13.1. The number of methoxy groups -OCH3 is 1. The number of nitrogens with one attached hydrogen (secondary N) is 3. The molecule has 0 saturated heterocycles. The quantitative estimate of drug-likeness (QED) is 0.337. The molecule has 2 aromatic heterocycles. The van der Waals surface area contributed by atoms with Crippen molar-refractivity contribution in [3.8, 4) is 0 Å². The van der Waals surface area contributed by atoms with E-state index in [1.165, 1.54) is 31.4 Å². The van der Waals surface area contributed by atoms with Gasteiger partial charge in [0.25, 0.3) is 0 Å². The number of hydrogen-bond acceptors (Lipinski definition) is 3. The van der Waals surface area contributed by atoms with Crippen molar-refractivity contribution in [2.45, 2.75) is 20.3 Å². The first-order valence-electron chi connectivity index (χ1n) is 9.98. The second-order valence-electron chi connectivity index (χ2n) is 7.08. The van der Waals surface area contributed by atoms with Gasteiger partial charge < -0.3 is 31.2 Å². The zero-order valence-corrected chi connectivity index (χ0v) is 17.8. The second-order valence-corrected chi connectivity index (χ2v) is 7.08. The van der Waals surface area contributed by atoms with E-state index < -0.39 is 0 Å². The first kappa shape index (κ1) is 27.8. The Morgan fingerprint density at radius 3 is 1.97 bits per heavy atom. The highest BCUT2D eigenvalue weighted by Gasteiger charge is 2.06. The Balaban J connectivity index is 0.000000324. The van der Waals surface area contributed by atoms with Crippen LogP contribution in [0.3, 0.4) is 0 Å². The summed E-state index contributed by atoms with van der Waals surface area (Å²) in [4.78, 5) is 17.3. The van der Waals surface area contributed by atoms with E-state index in [9.17, 15) is 13.6 Å². The highest BCUT2D eigenvalue weighted by atomic mass is 19.1. The molecule has 33 heavy (non-hydrogen) atoms. The number of ether oxygens (including phenoxy) is 1. The van der Waals surface area contributed by atoms with Crippen molar-refractivity contribution >= 4 is 27.7 Å². The van der Waals surface area contributed by atoms with E-state index in [1.54, 1.807) is 12.1 Å². The van der Waals surface area contributed by atoms with Gasteiger partial charge in [-0.2, -0.15) is 0 Å². The number of H-pyrrole nitrogens is 2. The Hall–Kier alpha value is -3.27. The number of halogens is 2. The smallest absolute Gasteiger partial charge is 0.245 e. The predicted molar refractivity (Wildman–Crippen MR) is 128 cm³/mol. The van der Waals surface area contributed by atoms with E-state index >= 15 is 0 Å². The van der Waals surface area contributed by atoms with Crippen LogP contribution >= 0.6 is 0 Å². The summed E-state index contributed by atoms with van der Waals surface area (Å²) in [6.45, 7) is 1.15. The fraction of sp³-hybridized carbons (Fsp3) is 0.292. The fourth-order valence-electron chi connectivity index (χ4n) is 3.39. The van der Waals surface area contributed by atoms with E-state index in [4.69, 9.17) is 10.5 Å². The van der Waals surface area contributed by atoms with Crippen molar-refractivity contribution in [3.05, 3.63) is 71.6 Å². The van der Waals surface area contributed by atoms with Crippen LogP contribution < -0.4 is 11.1 Å². The van der Waals surface area contributed by atoms with Crippen LogP contribution in [0.4, 0.5) is 8.78 Å². The molecule has 0 spiro atoms. The Bertz CT molecular complexity index is 1160. The molecule has 7 nitrogen and oxygen atoms in total. The third-order valence-corrected chi connectivity index (χ3v) is 4.86. The molecule has 1 amide bonds. The van der Waals surface area contributed by atoms with Gasteiger partial charge in [0.1, 0.15) is 18.2 Å². The summed E-state index contributed by atoms with van der Waals surface area (Å²) in [6, 6.07) is 9.35. The highest BCUT2D eigenvalue weighted by Crippen LogP contribution is 2.20. The molecule has 0 aliphatic carbocycles. The first-order chi connectivity index (χ1) is 15.0. The lowest BCUT2D eigenvalue weighted by Gasteiger charge is -2.03. The lowest BCUT2D eigenvalue weighted by atomic mass is 10.1. The maximum Gasteiger partial charge on any atom is 0.245 e. The molecule has 0 atom stereocenters. The number of rotatable bonds is 7. The molecular formula is C24H32F2N4O3. The van der Waals surface area contributed by atoms with Crippen LogP contribution in [0, 0.1) is 11.6 Å². The summed E-state index contributed by atoms with van der Waals surface area (Å²) in [7, 11) is 1.47. The van der Waals surface area contributed by atoms with Gasteiger partial charge in [0.2, 0.25) is 5.91 Å². The Morgan fingerprint density at radius 1 is 0.970 bits per heavy atom. The molecule has 0 radical (unpaired) electrons. The lowest BCUT2D eigenvalue weighted by molar-refractivity contribution is -0.124. The zero-order valence-electron chi connectivity index (χ0n) is 17.8. The first-order valence-corrected chi connectivity index (χ1v) is 9.98. The van der Waals surface area contributed by atoms with Crippen LogP contribution in [0.5, 0.6) is 0 Å². The molecule has 4 aromatic rings. The van der Waals surface area contributed by atoms with Gasteiger partial charge in [-0.15, -0.1) is 0 Å². The second kappa shape index (κ2) is 13.3. The number of carbonyl (C=O) groups excluding carboxylic acids is 1. The summed E-state index contributed by atoms with van der Waals surface area (Å²) in [5.74, 6) is -0.610. The Morgan fingerprint density at radius 2 is 1.48 bits per heavy atom. The number of benzene rings is 2. The van der Waals surface area contributed by atoms with Gasteiger partial charge >= 0.3 is 0 Å². The molecule has 0 unspecified atom stereocenters. The van der Waals surface area contributed by atoms with Gasteiger partial charge in [-0.25, -0.2) is 8.78 Å². The molecule has 4 rings (SSSR count). The van der Waals surface area contributed by atoms with E-state index in [1.807, 2.05) is 12.4 Å². The minimum absolute atomic E-state index is 0. The van der Waals surface area contributed by atoms with Crippen molar-refractivity contribution < 1.29 is 23.8 Å². The molecular weight excluding hydrogens is 430 g/mol. The summed E-state index contributed by atoms with van der Waals surface area (Å²) in [5, 5.41) is 4.52. The van der Waals surface area contributed by atoms with Crippen molar-refractivity contribution in [1.82, 2.24) is 15.3 Å². The largest absolute Gasteiger partial charge is 0.412 e. The van der Waals surface area contributed by atoms with Crippen molar-refractivity contribution in [2.24, 2.45) is 5.73 Å². The maximum absolute atomic E-state index is 13.1. The number of aromatic amines is 2. The minimum atomic E-state index is -0.258. The molecule has 0 aliphatic rings. The normalized spacial score (nSPS) is 10.2. The van der Waals surface area contributed by atoms with Gasteiger partial charge in [0, 0.05) is 47.9 Å². The highest BCUT2D eigenvalue weighted by molar-refractivity contribution is 5.84. The molecule has 0 fully saturated rings. The summed E-state index contributed by atoms with van der Waals surface area (Å²) < 4.78 is 30.7. The van der Waals surface area contributed by atoms with E-state index in [2.05, 4.69) is 15.3 Å². The number of fused-ring (bicyclic) bond motifs is 2. The van der Waals surface area contributed by atoms with Crippen molar-refractivity contribution in [1.29, 1.82) is 0 Å². The van der Waals surface area contributed by atoms with Gasteiger partial charge in [-0.1, -0.05) is 7.43 Å². The molecule has 2 heterocycles. The average molecular weight is 463 g/mol. The summed E-state index contributed by atoms with van der Waals surface area (Å²) in [5.41, 5.74) is 9.37. The molecule has 0 aliphatic heterocycles. The van der Waals surface area contributed by atoms with Crippen LogP contribution in [0.1, 0.15) is 18.6 Å². The lowest BCUT2D eigenvalue weighted by Crippen LogP contribution is -2.28. The van der Waals surface area contributed by atoms with Crippen LogP contribution in [-0.4, -0.2) is 48.2 Å².